The number of rotatable bonds is 1. The zero-order chi connectivity index (χ0) is 16.0. The third-order valence-electron chi connectivity index (χ3n) is 2.70. The summed E-state index contributed by atoms with van der Waals surface area (Å²) in [7, 11) is 0. The van der Waals surface area contributed by atoms with Crippen molar-refractivity contribution < 1.29 is 0 Å². The van der Waals surface area contributed by atoms with Crippen molar-refractivity contribution in [2.75, 3.05) is 0 Å². The Kier molecular flexibility index (Phi) is 6.90. The summed E-state index contributed by atoms with van der Waals surface area (Å²) in [5.74, 6) is 0.833. The van der Waals surface area contributed by atoms with E-state index in [1.165, 1.54) is 15.7 Å². The van der Waals surface area contributed by atoms with Crippen molar-refractivity contribution in [1.29, 1.82) is 0 Å². The first-order chi connectivity index (χ1) is 10.0. The van der Waals surface area contributed by atoms with Gasteiger partial charge in [0.15, 0.2) is 0 Å². The molecule has 0 unspecified atom stereocenters. The summed E-state index contributed by atoms with van der Waals surface area (Å²) in [6.45, 7) is 14.9. The molecule has 0 aliphatic carbocycles. The standard InChI is InChI=1S/C12H12N2S.C4H10.C2H6/c1-8(2)14-10-6-4-3-5-9(10)11-12(14)15-7-13-11;1-4(2)3;1-2/h3-8H,1-2H3;4H,1-3H3;1-2H3. The Balaban J connectivity index is 0.000000322. The van der Waals surface area contributed by atoms with E-state index in [9.17, 15) is 0 Å². The van der Waals surface area contributed by atoms with Gasteiger partial charge in [0.2, 0.25) is 0 Å². The summed E-state index contributed by atoms with van der Waals surface area (Å²) in [5, 5.41) is 1.27. The second kappa shape index (κ2) is 8.18. The van der Waals surface area contributed by atoms with Crippen molar-refractivity contribution in [3.8, 4) is 0 Å². The van der Waals surface area contributed by atoms with E-state index >= 15 is 0 Å². The van der Waals surface area contributed by atoms with Crippen LogP contribution >= 0.6 is 11.3 Å². The van der Waals surface area contributed by atoms with Crippen LogP contribution in [0.3, 0.4) is 0 Å². The van der Waals surface area contributed by atoms with Gasteiger partial charge in [0.05, 0.1) is 11.0 Å². The molecule has 0 aliphatic heterocycles. The summed E-state index contributed by atoms with van der Waals surface area (Å²) >= 11 is 1.72. The van der Waals surface area contributed by atoms with Crippen molar-refractivity contribution in [2.24, 2.45) is 5.92 Å². The number of benzene rings is 1. The van der Waals surface area contributed by atoms with E-state index in [2.05, 4.69) is 68.4 Å². The number of fused-ring (bicyclic) bond motifs is 3. The van der Waals surface area contributed by atoms with Gasteiger partial charge in [0.1, 0.15) is 10.3 Å². The minimum Gasteiger partial charge on any atom is -0.328 e. The Morgan fingerprint density at radius 2 is 1.57 bits per heavy atom. The van der Waals surface area contributed by atoms with Crippen molar-refractivity contribution >= 4 is 32.6 Å². The number of para-hydroxylation sites is 1. The van der Waals surface area contributed by atoms with Gasteiger partial charge < -0.3 is 4.57 Å². The van der Waals surface area contributed by atoms with Crippen molar-refractivity contribution in [1.82, 2.24) is 9.55 Å². The van der Waals surface area contributed by atoms with Gasteiger partial charge in [-0.05, 0) is 25.8 Å². The average Bonchev–Trinajstić information content (AvgIpc) is 2.99. The van der Waals surface area contributed by atoms with Gasteiger partial charge in [-0.1, -0.05) is 52.8 Å². The van der Waals surface area contributed by atoms with Crippen molar-refractivity contribution in [3.05, 3.63) is 29.8 Å². The fraction of sp³-hybridized carbons (Fsp3) is 0.500. The predicted molar refractivity (Wildman–Crippen MR) is 97.4 cm³/mol. The molecule has 2 nitrogen and oxygen atoms in total. The monoisotopic (exact) mass is 304 g/mol. The lowest BCUT2D eigenvalue weighted by Gasteiger charge is -2.09. The Bertz CT molecular complexity index is 659. The molecule has 3 rings (SSSR count). The minimum atomic E-state index is 0.479. The predicted octanol–water partition coefficient (Wildman–Crippen LogP) is 6.52. The number of thiazole rings is 1. The SMILES string of the molecule is CC.CC(C)C.CC(C)n1c2ccccc2c2ncsc21. The first kappa shape index (κ1) is 17.7. The molecule has 0 N–H and O–H groups in total. The summed E-state index contributed by atoms with van der Waals surface area (Å²) in [6.07, 6.45) is 0. The molecular formula is C18H28N2S. The largest absolute Gasteiger partial charge is 0.328 e. The fourth-order valence-corrected chi connectivity index (χ4v) is 3.06. The Morgan fingerprint density at radius 1 is 1.00 bits per heavy atom. The van der Waals surface area contributed by atoms with E-state index in [-0.39, 0.29) is 0 Å². The van der Waals surface area contributed by atoms with E-state index < -0.39 is 0 Å². The first-order valence-electron chi connectivity index (χ1n) is 7.84. The maximum Gasteiger partial charge on any atom is 0.124 e. The van der Waals surface area contributed by atoms with Crippen molar-refractivity contribution in [2.45, 2.75) is 54.5 Å². The summed E-state index contributed by atoms with van der Waals surface area (Å²) in [6, 6.07) is 8.96. The molecule has 0 fully saturated rings. The smallest absolute Gasteiger partial charge is 0.124 e. The van der Waals surface area contributed by atoms with Gasteiger partial charge >= 0.3 is 0 Å². The number of nitrogens with zero attached hydrogens (tertiary/aromatic N) is 2. The Hall–Kier alpha value is -1.35. The second-order valence-electron chi connectivity index (χ2n) is 5.72. The quantitative estimate of drug-likeness (QED) is 0.500. The zero-order valence-electron chi connectivity index (χ0n) is 14.3. The van der Waals surface area contributed by atoms with Gasteiger partial charge in [0, 0.05) is 11.4 Å². The summed E-state index contributed by atoms with van der Waals surface area (Å²) < 4.78 is 2.36. The molecule has 1 aromatic carbocycles. The van der Waals surface area contributed by atoms with Gasteiger partial charge in [-0.3, -0.25) is 0 Å². The van der Waals surface area contributed by atoms with Crippen LogP contribution in [0.1, 0.15) is 54.5 Å². The van der Waals surface area contributed by atoms with Gasteiger partial charge in [0.25, 0.3) is 0 Å². The van der Waals surface area contributed by atoms with E-state index in [4.69, 9.17) is 0 Å². The third kappa shape index (κ3) is 4.07. The summed E-state index contributed by atoms with van der Waals surface area (Å²) in [5.41, 5.74) is 4.36. The molecule has 0 saturated carbocycles. The van der Waals surface area contributed by atoms with E-state index in [0.29, 0.717) is 6.04 Å². The molecule has 3 heteroatoms. The van der Waals surface area contributed by atoms with Crippen LogP contribution in [0.4, 0.5) is 0 Å². The topological polar surface area (TPSA) is 17.8 Å². The van der Waals surface area contributed by atoms with Crippen LogP contribution in [-0.2, 0) is 0 Å². The molecule has 0 saturated heterocycles. The highest BCUT2D eigenvalue weighted by Crippen LogP contribution is 2.32. The normalized spacial score (nSPS) is 10.5. The lowest BCUT2D eigenvalue weighted by molar-refractivity contribution is 0.645. The molecule has 2 aromatic heterocycles. The van der Waals surface area contributed by atoms with E-state index in [0.717, 1.165) is 11.4 Å². The fourth-order valence-electron chi connectivity index (χ4n) is 2.10. The van der Waals surface area contributed by atoms with E-state index in [1.54, 1.807) is 11.3 Å². The number of aromatic nitrogens is 2. The molecule has 0 bridgehead atoms. The highest BCUT2D eigenvalue weighted by molar-refractivity contribution is 7.16. The van der Waals surface area contributed by atoms with Crippen LogP contribution in [0.2, 0.25) is 0 Å². The molecule has 0 spiro atoms. The lowest BCUT2D eigenvalue weighted by atomic mass is 10.2. The molecule has 3 aromatic rings. The summed E-state index contributed by atoms with van der Waals surface area (Å²) in [4.78, 5) is 5.73. The van der Waals surface area contributed by atoms with Crippen LogP contribution in [0.25, 0.3) is 21.3 Å². The molecule has 21 heavy (non-hydrogen) atoms. The molecule has 0 amide bonds. The molecule has 0 aliphatic rings. The molecule has 116 valence electrons. The van der Waals surface area contributed by atoms with Crippen LogP contribution in [0, 0.1) is 5.92 Å². The zero-order valence-corrected chi connectivity index (χ0v) is 15.2. The highest BCUT2D eigenvalue weighted by atomic mass is 32.1. The minimum absolute atomic E-state index is 0.479. The lowest BCUT2D eigenvalue weighted by Crippen LogP contribution is -1.98. The molecule has 0 atom stereocenters. The average molecular weight is 305 g/mol. The van der Waals surface area contributed by atoms with Crippen molar-refractivity contribution in [3.63, 3.8) is 0 Å². The van der Waals surface area contributed by atoms with Gasteiger partial charge in [-0.25, -0.2) is 4.98 Å². The second-order valence-corrected chi connectivity index (χ2v) is 6.55. The molecule has 2 heterocycles. The Morgan fingerprint density at radius 3 is 2.14 bits per heavy atom. The number of hydrogen-bond donors (Lipinski definition) is 0. The maximum absolute atomic E-state index is 4.45. The maximum atomic E-state index is 4.45. The highest BCUT2D eigenvalue weighted by Gasteiger charge is 2.13. The van der Waals surface area contributed by atoms with E-state index in [1.807, 2.05) is 19.4 Å². The van der Waals surface area contributed by atoms with Crippen LogP contribution in [0.15, 0.2) is 29.8 Å². The first-order valence-corrected chi connectivity index (χ1v) is 8.72. The third-order valence-corrected chi connectivity index (χ3v) is 3.53. The van der Waals surface area contributed by atoms with Gasteiger partial charge in [-0.2, -0.15) is 0 Å². The van der Waals surface area contributed by atoms with Crippen LogP contribution in [0.5, 0.6) is 0 Å². The Labute approximate surface area is 132 Å². The van der Waals surface area contributed by atoms with Gasteiger partial charge in [-0.15, -0.1) is 11.3 Å². The molecular weight excluding hydrogens is 276 g/mol. The molecule has 0 radical (unpaired) electrons. The van der Waals surface area contributed by atoms with Crippen LogP contribution < -0.4 is 0 Å². The number of hydrogen-bond acceptors (Lipinski definition) is 2. The van der Waals surface area contributed by atoms with Crippen LogP contribution in [-0.4, -0.2) is 9.55 Å².